The number of ether oxygens (including phenoxy) is 2. The second kappa shape index (κ2) is 8.56. The number of hydrogen-bond donors (Lipinski definition) is 1. The van der Waals surface area contributed by atoms with E-state index < -0.39 is 30.1 Å². The molecule has 0 bridgehead atoms. The molecule has 0 radical (unpaired) electrons. The van der Waals surface area contributed by atoms with Crippen LogP contribution >= 0.6 is 0 Å². The van der Waals surface area contributed by atoms with Crippen LogP contribution < -0.4 is 0 Å². The summed E-state index contributed by atoms with van der Waals surface area (Å²) >= 11 is 0. The third-order valence-electron chi connectivity index (χ3n) is 5.63. The highest BCUT2D eigenvalue weighted by Gasteiger charge is 2.53. The van der Waals surface area contributed by atoms with Gasteiger partial charge < -0.3 is 19.5 Å². The second-order valence-corrected chi connectivity index (χ2v) is 7.57. The predicted octanol–water partition coefficient (Wildman–Crippen LogP) is 2.74. The Bertz CT molecular complexity index is 870. The van der Waals surface area contributed by atoms with Crippen LogP contribution in [0.3, 0.4) is 0 Å². The first-order valence-corrected chi connectivity index (χ1v) is 9.73. The zero-order valence-corrected chi connectivity index (χ0v) is 16.6. The van der Waals surface area contributed by atoms with Crippen molar-refractivity contribution in [1.82, 2.24) is 4.90 Å². The topological polar surface area (TPSA) is 93.1 Å². The smallest absolute Gasteiger partial charge is 0.409 e. The minimum Gasteiger partial charge on any atom is -0.481 e. The summed E-state index contributed by atoms with van der Waals surface area (Å²) in [6.45, 7) is 2.46. The Morgan fingerprint density at radius 1 is 1.31 bits per heavy atom. The number of carbonyl (C=O) groups excluding carboxylic acids is 2. The number of likely N-dealkylation sites (tertiary alicyclic amines) is 1. The summed E-state index contributed by atoms with van der Waals surface area (Å²) in [5, 5.41) is 8.96. The number of aryl methyl sites for hydroxylation is 1. The molecule has 1 aliphatic heterocycles. The van der Waals surface area contributed by atoms with Crippen LogP contribution in [0.4, 0.5) is 4.79 Å². The van der Waals surface area contributed by atoms with Crippen molar-refractivity contribution in [3.05, 3.63) is 35.4 Å². The molecule has 2 aliphatic rings. The van der Waals surface area contributed by atoms with Crippen LogP contribution in [0.1, 0.15) is 43.2 Å². The van der Waals surface area contributed by atoms with Crippen LogP contribution in [0.25, 0.3) is 0 Å². The lowest BCUT2D eigenvalue weighted by molar-refractivity contribution is -0.166. The van der Waals surface area contributed by atoms with Crippen LogP contribution in [0, 0.1) is 24.7 Å². The first-order chi connectivity index (χ1) is 13.8. The Balaban J connectivity index is 1.96. The second-order valence-electron chi connectivity index (χ2n) is 7.57. The van der Waals surface area contributed by atoms with Gasteiger partial charge in [-0.15, -0.1) is 0 Å². The maximum atomic E-state index is 12.3. The van der Waals surface area contributed by atoms with E-state index in [1.165, 1.54) is 7.11 Å². The maximum Gasteiger partial charge on any atom is 0.409 e. The monoisotopic (exact) mass is 399 g/mol. The van der Waals surface area contributed by atoms with Crippen LogP contribution in [0.2, 0.25) is 0 Å². The van der Waals surface area contributed by atoms with Gasteiger partial charge in [-0.05, 0) is 56.2 Å². The Morgan fingerprint density at radius 3 is 2.79 bits per heavy atom. The summed E-state index contributed by atoms with van der Waals surface area (Å²) in [4.78, 5) is 37.1. The maximum absolute atomic E-state index is 12.3. The van der Waals surface area contributed by atoms with E-state index in [2.05, 4.69) is 11.8 Å². The number of rotatable bonds is 3. The lowest BCUT2D eigenvalue weighted by Crippen LogP contribution is -2.52. The molecule has 1 aliphatic carbocycles. The largest absolute Gasteiger partial charge is 0.481 e. The summed E-state index contributed by atoms with van der Waals surface area (Å²) in [6.07, 6.45) is 1.47. The summed E-state index contributed by atoms with van der Waals surface area (Å²) in [7, 11) is 1.34. The summed E-state index contributed by atoms with van der Waals surface area (Å²) in [5.74, 6) is 4.04. The highest BCUT2D eigenvalue weighted by atomic mass is 16.6. The van der Waals surface area contributed by atoms with Crippen molar-refractivity contribution in [1.29, 1.82) is 0 Å². The van der Waals surface area contributed by atoms with Gasteiger partial charge in [0, 0.05) is 24.1 Å². The zero-order chi connectivity index (χ0) is 21.0. The fourth-order valence-electron chi connectivity index (χ4n) is 4.43. The van der Waals surface area contributed by atoms with Gasteiger partial charge in [-0.2, -0.15) is 0 Å². The molecule has 7 nitrogen and oxygen atoms in total. The summed E-state index contributed by atoms with van der Waals surface area (Å²) in [5.41, 5.74) is 0.735. The van der Waals surface area contributed by atoms with Crippen molar-refractivity contribution in [2.24, 2.45) is 5.92 Å². The molecule has 1 saturated heterocycles. The molecule has 1 saturated carbocycles. The Kier molecular flexibility index (Phi) is 6.12. The number of hydrogen-bond acceptors (Lipinski definition) is 5. The quantitative estimate of drug-likeness (QED) is 0.477. The first-order valence-electron chi connectivity index (χ1n) is 9.73. The molecule has 3 atom stereocenters. The van der Waals surface area contributed by atoms with E-state index in [-0.39, 0.29) is 12.0 Å². The standard InChI is InChI=1S/C22H25NO6/c1-15-5-3-6-16(13-15)8-11-22(29-20(26)14-19(24)25)10-4-7-18-17(22)9-12-23(18)21(27)28-2/h3,5-6,13,17-18H,4,7,9-10,12,14H2,1-2H3,(H,24,25). The van der Waals surface area contributed by atoms with Crippen LogP contribution in [-0.4, -0.2) is 53.3 Å². The molecule has 154 valence electrons. The van der Waals surface area contributed by atoms with Crippen molar-refractivity contribution in [3.63, 3.8) is 0 Å². The molecular weight excluding hydrogens is 374 g/mol. The molecule has 0 spiro atoms. The highest BCUT2D eigenvalue weighted by Crippen LogP contribution is 2.45. The SMILES string of the molecule is COC(=O)N1CCC2C1CCCC2(C#Cc1cccc(C)c1)OC(=O)CC(=O)O. The van der Waals surface area contributed by atoms with E-state index in [4.69, 9.17) is 14.6 Å². The number of aliphatic carboxylic acids is 1. The van der Waals surface area contributed by atoms with Crippen molar-refractivity contribution in [3.8, 4) is 11.8 Å². The molecule has 1 aromatic rings. The summed E-state index contributed by atoms with van der Waals surface area (Å²) in [6, 6.07) is 7.54. The van der Waals surface area contributed by atoms with Crippen LogP contribution in [-0.2, 0) is 19.1 Å². The van der Waals surface area contributed by atoms with Gasteiger partial charge >= 0.3 is 18.0 Å². The average Bonchev–Trinajstić information content (AvgIpc) is 3.11. The van der Waals surface area contributed by atoms with Gasteiger partial charge in [-0.3, -0.25) is 9.59 Å². The molecule has 1 amide bonds. The number of nitrogens with zero attached hydrogens (tertiary/aromatic N) is 1. The van der Waals surface area contributed by atoms with Gasteiger partial charge in [0.1, 0.15) is 6.42 Å². The molecule has 1 heterocycles. The van der Waals surface area contributed by atoms with Crippen molar-refractivity contribution >= 4 is 18.0 Å². The van der Waals surface area contributed by atoms with Gasteiger partial charge in [0.25, 0.3) is 0 Å². The van der Waals surface area contributed by atoms with Crippen LogP contribution in [0.5, 0.6) is 0 Å². The normalized spacial score (nSPS) is 25.4. The number of benzene rings is 1. The van der Waals surface area contributed by atoms with Crippen molar-refractivity contribution < 1.29 is 29.0 Å². The van der Waals surface area contributed by atoms with E-state index in [1.54, 1.807) is 4.90 Å². The fourth-order valence-corrected chi connectivity index (χ4v) is 4.43. The van der Waals surface area contributed by atoms with E-state index in [1.807, 2.05) is 31.2 Å². The molecule has 7 heteroatoms. The number of carboxylic acids is 1. The van der Waals surface area contributed by atoms with E-state index in [9.17, 15) is 14.4 Å². The zero-order valence-electron chi connectivity index (χ0n) is 16.6. The molecule has 2 fully saturated rings. The highest BCUT2D eigenvalue weighted by molar-refractivity contribution is 5.90. The molecule has 1 N–H and O–H groups in total. The minimum atomic E-state index is -1.24. The third kappa shape index (κ3) is 4.53. The first kappa shape index (κ1) is 20.7. The van der Waals surface area contributed by atoms with E-state index >= 15 is 0 Å². The number of esters is 1. The fraction of sp³-hybridized carbons (Fsp3) is 0.500. The number of carbonyl (C=O) groups is 3. The van der Waals surface area contributed by atoms with Gasteiger partial charge in [0.05, 0.1) is 7.11 Å². The number of amides is 1. The minimum absolute atomic E-state index is 0.152. The molecule has 3 rings (SSSR count). The van der Waals surface area contributed by atoms with Crippen molar-refractivity contribution in [2.75, 3.05) is 13.7 Å². The average molecular weight is 399 g/mol. The van der Waals surface area contributed by atoms with E-state index in [0.29, 0.717) is 25.8 Å². The Labute approximate surface area is 170 Å². The van der Waals surface area contributed by atoms with Crippen LogP contribution in [0.15, 0.2) is 24.3 Å². The molecule has 1 aromatic carbocycles. The molecule has 29 heavy (non-hydrogen) atoms. The van der Waals surface area contributed by atoms with Crippen molar-refractivity contribution in [2.45, 2.75) is 50.7 Å². The summed E-state index contributed by atoms with van der Waals surface area (Å²) < 4.78 is 10.6. The third-order valence-corrected chi connectivity index (χ3v) is 5.63. The molecule has 0 aromatic heterocycles. The van der Waals surface area contributed by atoms with Gasteiger partial charge in [0.2, 0.25) is 0 Å². The number of methoxy groups -OCH3 is 1. The van der Waals surface area contributed by atoms with E-state index in [0.717, 1.165) is 17.5 Å². The lowest BCUT2D eigenvalue weighted by Gasteiger charge is -2.42. The Morgan fingerprint density at radius 2 is 2.10 bits per heavy atom. The van der Waals surface area contributed by atoms with Gasteiger partial charge in [0.15, 0.2) is 5.60 Å². The molecular formula is C22H25NO6. The molecule has 3 unspecified atom stereocenters. The van der Waals surface area contributed by atoms with Gasteiger partial charge in [-0.25, -0.2) is 4.79 Å². The number of carboxylic acid groups (broad SMARTS) is 1. The predicted molar refractivity (Wildman–Crippen MR) is 104 cm³/mol. The number of fused-ring (bicyclic) bond motifs is 1. The Hall–Kier alpha value is -3.01. The lowest BCUT2D eigenvalue weighted by atomic mass is 9.72. The van der Waals surface area contributed by atoms with Gasteiger partial charge in [-0.1, -0.05) is 18.1 Å².